The predicted molar refractivity (Wildman–Crippen MR) is 129 cm³/mol. The molecule has 2 rings (SSSR count). The Hall–Kier alpha value is -2.60. The second-order valence-corrected chi connectivity index (χ2v) is 11.0. The van der Waals surface area contributed by atoms with Crippen LogP contribution in [0.15, 0.2) is 35.0 Å². The van der Waals surface area contributed by atoms with Gasteiger partial charge in [-0.2, -0.15) is 13.2 Å². The van der Waals surface area contributed by atoms with Crippen molar-refractivity contribution in [2.75, 3.05) is 6.54 Å². The van der Waals surface area contributed by atoms with Gasteiger partial charge < -0.3 is 15.3 Å². The number of alkyl halides is 3. The van der Waals surface area contributed by atoms with Crippen molar-refractivity contribution < 1.29 is 32.7 Å². The molecule has 194 valence electrons. The summed E-state index contributed by atoms with van der Waals surface area (Å²) in [5.74, 6) is -2.39. The molecule has 1 atom stereocenters. The second kappa shape index (κ2) is 12.4. The van der Waals surface area contributed by atoms with Gasteiger partial charge in [-0.1, -0.05) is 12.1 Å². The summed E-state index contributed by atoms with van der Waals surface area (Å²) in [6.45, 7) is 5.46. The summed E-state index contributed by atoms with van der Waals surface area (Å²) in [6, 6.07) is 6.51. The van der Waals surface area contributed by atoms with Gasteiger partial charge in [-0.25, -0.2) is 4.79 Å². The third-order valence-corrected chi connectivity index (χ3v) is 6.86. The van der Waals surface area contributed by atoms with Gasteiger partial charge in [0.1, 0.15) is 6.04 Å². The molecule has 0 unspecified atom stereocenters. The molecule has 2 aromatic heterocycles. The summed E-state index contributed by atoms with van der Waals surface area (Å²) in [6.07, 6.45) is -5.70. The van der Waals surface area contributed by atoms with Crippen LogP contribution in [0.5, 0.6) is 0 Å². The molecule has 2 heterocycles. The summed E-state index contributed by atoms with van der Waals surface area (Å²) in [5, 5.41) is 15.6. The molecule has 3 amide bonds. The highest BCUT2D eigenvalue weighted by Gasteiger charge is 2.40. The van der Waals surface area contributed by atoms with Crippen LogP contribution in [-0.4, -0.2) is 57.1 Å². The molecule has 0 aliphatic heterocycles. The van der Waals surface area contributed by atoms with Crippen molar-refractivity contribution >= 4 is 40.6 Å². The lowest BCUT2D eigenvalue weighted by atomic mass is 9.98. The third-order valence-electron chi connectivity index (χ3n) is 5.14. The van der Waals surface area contributed by atoms with Crippen LogP contribution >= 0.6 is 22.7 Å². The normalized spacial score (nSPS) is 12.7. The van der Waals surface area contributed by atoms with Crippen molar-refractivity contribution in [3.8, 4) is 0 Å². The maximum atomic E-state index is 13.8. The molecule has 7 nitrogen and oxygen atoms in total. The quantitative estimate of drug-likeness (QED) is 0.382. The highest BCUT2D eigenvalue weighted by atomic mass is 32.1. The van der Waals surface area contributed by atoms with E-state index in [2.05, 4.69) is 0 Å². The first-order chi connectivity index (χ1) is 16.3. The van der Waals surface area contributed by atoms with Crippen LogP contribution < -0.4 is 5.32 Å². The maximum Gasteiger partial charge on any atom is 0.471 e. The number of carbonyl (C=O) groups is 3. The summed E-state index contributed by atoms with van der Waals surface area (Å²) in [4.78, 5) is 41.7. The molecule has 0 aliphatic carbocycles. The lowest BCUT2D eigenvalue weighted by Crippen LogP contribution is -2.57. The Balaban J connectivity index is 2.22. The van der Waals surface area contributed by atoms with E-state index in [1.54, 1.807) is 31.0 Å². The molecule has 12 heteroatoms. The fraction of sp³-hybridized carbons (Fsp3) is 0.522. The number of nitrogens with zero attached hydrogens (tertiary/aromatic N) is 2. The van der Waals surface area contributed by atoms with Gasteiger partial charge in [0.05, 0.1) is 13.1 Å². The number of halogens is 3. The van der Waals surface area contributed by atoms with Crippen LogP contribution in [0.1, 0.15) is 49.8 Å². The molecule has 0 aromatic carbocycles. The van der Waals surface area contributed by atoms with Gasteiger partial charge in [-0.15, -0.1) is 22.7 Å². The SMILES string of the molecule is CC(C)(C)N(C(=O)O)[C@@H](CCCCNC(=O)C(F)(F)F)C(=O)N(Cc1cccs1)Cc1cccs1. The van der Waals surface area contributed by atoms with E-state index in [1.807, 2.05) is 35.0 Å². The number of hydrogen-bond donors (Lipinski definition) is 2. The topological polar surface area (TPSA) is 90.0 Å². The van der Waals surface area contributed by atoms with E-state index in [-0.39, 0.29) is 31.7 Å². The molecule has 0 bridgehead atoms. The molecule has 0 fully saturated rings. The van der Waals surface area contributed by atoms with Crippen molar-refractivity contribution in [1.82, 2.24) is 15.1 Å². The zero-order valence-electron chi connectivity index (χ0n) is 19.8. The largest absolute Gasteiger partial charge is 0.471 e. The number of carbonyl (C=O) groups excluding carboxylic acids is 2. The highest BCUT2D eigenvalue weighted by molar-refractivity contribution is 7.10. The molecule has 2 N–H and O–H groups in total. The molecule has 35 heavy (non-hydrogen) atoms. The van der Waals surface area contributed by atoms with Crippen LogP contribution in [0.4, 0.5) is 18.0 Å². The number of hydrogen-bond acceptors (Lipinski definition) is 5. The van der Waals surface area contributed by atoms with E-state index in [0.717, 1.165) is 14.7 Å². The van der Waals surface area contributed by atoms with Gasteiger partial charge in [0.15, 0.2) is 0 Å². The number of carboxylic acid groups (broad SMARTS) is 1. The van der Waals surface area contributed by atoms with Crippen molar-refractivity contribution in [3.05, 3.63) is 44.8 Å². The number of amides is 3. The number of unbranched alkanes of at least 4 members (excludes halogenated alkanes) is 1. The van der Waals surface area contributed by atoms with E-state index in [1.165, 1.54) is 22.7 Å². The standard InChI is InChI=1S/C23H30F3N3O4S2/c1-22(2,3)29(21(32)33)18(10-4-5-11-27-20(31)23(24,25)26)19(30)28(14-16-8-6-12-34-16)15-17-9-7-13-35-17/h6-9,12-13,18H,4-5,10-11,14-15H2,1-3H3,(H,27,31)(H,32,33)/t18-/m0/s1. The predicted octanol–water partition coefficient (Wildman–Crippen LogP) is 5.33. The molecule has 0 spiro atoms. The van der Waals surface area contributed by atoms with Gasteiger partial charge >= 0.3 is 18.2 Å². The summed E-state index contributed by atoms with van der Waals surface area (Å²) < 4.78 is 37.2. The van der Waals surface area contributed by atoms with Crippen LogP contribution in [0, 0.1) is 0 Å². The fourth-order valence-corrected chi connectivity index (χ4v) is 5.06. The Kier molecular flexibility index (Phi) is 10.1. The lowest BCUT2D eigenvalue weighted by Gasteiger charge is -2.40. The van der Waals surface area contributed by atoms with Crippen molar-refractivity contribution in [2.45, 2.75) is 70.9 Å². The van der Waals surface area contributed by atoms with Gasteiger partial charge in [0.2, 0.25) is 5.91 Å². The molecule has 0 saturated carbocycles. The minimum absolute atomic E-state index is 0.107. The Morgan fingerprint density at radius 1 is 1.00 bits per heavy atom. The summed E-state index contributed by atoms with van der Waals surface area (Å²) in [7, 11) is 0. The van der Waals surface area contributed by atoms with Crippen LogP contribution in [0.2, 0.25) is 0 Å². The Morgan fingerprint density at radius 2 is 1.54 bits per heavy atom. The van der Waals surface area contributed by atoms with E-state index < -0.39 is 29.8 Å². The van der Waals surface area contributed by atoms with Crippen LogP contribution in [0.25, 0.3) is 0 Å². The van der Waals surface area contributed by atoms with Crippen molar-refractivity contribution in [3.63, 3.8) is 0 Å². The molecule has 2 aromatic rings. The van der Waals surface area contributed by atoms with E-state index in [0.29, 0.717) is 13.1 Å². The van der Waals surface area contributed by atoms with Crippen LogP contribution in [-0.2, 0) is 22.7 Å². The van der Waals surface area contributed by atoms with Crippen molar-refractivity contribution in [1.29, 1.82) is 0 Å². The van der Waals surface area contributed by atoms with Gasteiger partial charge in [-0.05, 0) is 62.9 Å². The van der Waals surface area contributed by atoms with Crippen molar-refractivity contribution in [2.24, 2.45) is 0 Å². The number of rotatable bonds is 11. The first kappa shape index (κ1) is 28.6. The van der Waals surface area contributed by atoms with E-state index >= 15 is 0 Å². The zero-order chi connectivity index (χ0) is 26.2. The van der Waals surface area contributed by atoms with Gasteiger partial charge in [0, 0.05) is 21.8 Å². The second-order valence-electron chi connectivity index (χ2n) is 8.94. The minimum Gasteiger partial charge on any atom is -0.465 e. The molecule has 0 aliphatic rings. The summed E-state index contributed by atoms with van der Waals surface area (Å²) >= 11 is 2.98. The third kappa shape index (κ3) is 8.84. The number of nitrogens with one attached hydrogen (secondary N) is 1. The average molecular weight is 534 g/mol. The first-order valence-corrected chi connectivity index (χ1v) is 12.8. The summed E-state index contributed by atoms with van der Waals surface area (Å²) in [5.41, 5.74) is -0.895. The molecular weight excluding hydrogens is 503 g/mol. The zero-order valence-corrected chi connectivity index (χ0v) is 21.4. The number of thiophene rings is 2. The Labute approximate surface area is 210 Å². The maximum absolute atomic E-state index is 13.8. The smallest absolute Gasteiger partial charge is 0.465 e. The van der Waals surface area contributed by atoms with E-state index in [9.17, 15) is 32.7 Å². The lowest BCUT2D eigenvalue weighted by molar-refractivity contribution is -0.173. The fourth-order valence-electron chi connectivity index (χ4n) is 3.62. The van der Waals surface area contributed by atoms with Gasteiger partial charge in [-0.3, -0.25) is 14.5 Å². The highest BCUT2D eigenvalue weighted by Crippen LogP contribution is 2.26. The molecular formula is C23H30F3N3O4S2. The molecule has 0 radical (unpaired) electrons. The first-order valence-electron chi connectivity index (χ1n) is 11.0. The van der Waals surface area contributed by atoms with Gasteiger partial charge in [0.25, 0.3) is 0 Å². The minimum atomic E-state index is -4.96. The van der Waals surface area contributed by atoms with E-state index in [4.69, 9.17) is 0 Å². The Morgan fingerprint density at radius 3 is 1.94 bits per heavy atom. The monoisotopic (exact) mass is 533 g/mol. The average Bonchev–Trinajstić information content (AvgIpc) is 3.43. The molecule has 0 saturated heterocycles. The van der Waals surface area contributed by atoms with Crippen LogP contribution in [0.3, 0.4) is 0 Å². The Bertz CT molecular complexity index is 922.